The zero-order chi connectivity index (χ0) is 24.1. The molecule has 1 fully saturated rings. The summed E-state index contributed by atoms with van der Waals surface area (Å²) >= 11 is 13.0. The molecule has 0 spiro atoms. The number of phenols is 1. The van der Waals surface area contributed by atoms with Crippen molar-refractivity contribution >= 4 is 29.0 Å². The van der Waals surface area contributed by atoms with Crippen LogP contribution in [0.1, 0.15) is 6.42 Å². The van der Waals surface area contributed by atoms with Crippen LogP contribution in [-0.2, 0) is 0 Å². The Bertz CT molecular complexity index is 1110. The normalized spacial score (nSPS) is 14.8. The molecule has 1 saturated heterocycles. The second-order valence-electron chi connectivity index (χ2n) is 8.53. The van der Waals surface area contributed by atoms with Crippen molar-refractivity contribution in [3.05, 3.63) is 58.6 Å². The first-order valence-electron chi connectivity index (χ1n) is 11.4. The van der Waals surface area contributed by atoms with Gasteiger partial charge in [-0.05, 0) is 62.0 Å². The first-order valence-corrected chi connectivity index (χ1v) is 12.2. The Kier molecular flexibility index (Phi) is 8.16. The Morgan fingerprint density at radius 2 is 1.76 bits per heavy atom. The molecule has 0 aliphatic carbocycles. The highest BCUT2D eigenvalue weighted by Gasteiger charge is 2.16. The fourth-order valence-corrected chi connectivity index (χ4v) is 4.74. The van der Waals surface area contributed by atoms with Crippen molar-refractivity contribution < 1.29 is 9.84 Å². The number of benzene rings is 2. The van der Waals surface area contributed by atoms with Gasteiger partial charge in [-0.25, -0.2) is 4.98 Å². The van der Waals surface area contributed by atoms with Crippen LogP contribution in [0.25, 0.3) is 22.4 Å². The van der Waals surface area contributed by atoms with Crippen LogP contribution in [0.5, 0.6) is 11.5 Å². The minimum absolute atomic E-state index is 0.0928. The number of anilines is 1. The van der Waals surface area contributed by atoms with E-state index in [9.17, 15) is 5.11 Å². The number of likely N-dealkylation sites (N-methyl/N-ethyl adjacent to an activating group) is 1. The van der Waals surface area contributed by atoms with Gasteiger partial charge in [0, 0.05) is 60.0 Å². The molecule has 0 saturated carbocycles. The lowest BCUT2D eigenvalue weighted by Gasteiger charge is -2.32. The average Bonchev–Trinajstić information content (AvgIpc) is 2.82. The predicted octanol–water partition coefficient (Wildman–Crippen LogP) is 5.49. The number of ether oxygens (including phenoxy) is 1. The first-order chi connectivity index (χ1) is 16.4. The fraction of sp³-hybridized carbons (Fsp3) is 0.346. The summed E-state index contributed by atoms with van der Waals surface area (Å²) < 4.78 is 5.22. The summed E-state index contributed by atoms with van der Waals surface area (Å²) in [6.07, 6.45) is 1.01. The number of nitrogens with one attached hydrogen (secondary N) is 1. The number of hydrogen-bond donors (Lipinski definition) is 2. The number of halogens is 2. The molecule has 0 amide bonds. The summed E-state index contributed by atoms with van der Waals surface area (Å²) in [7, 11) is 3.73. The maximum atomic E-state index is 10.6. The largest absolute Gasteiger partial charge is 0.507 e. The monoisotopic (exact) mass is 500 g/mol. The maximum absolute atomic E-state index is 10.6. The van der Waals surface area contributed by atoms with Crippen LogP contribution in [-0.4, -0.2) is 73.3 Å². The summed E-state index contributed by atoms with van der Waals surface area (Å²) in [5.74, 6) is 1.38. The zero-order valence-corrected chi connectivity index (χ0v) is 21.0. The number of piperazine rings is 1. The number of pyridine rings is 1. The van der Waals surface area contributed by atoms with Gasteiger partial charge in [0.05, 0.1) is 12.8 Å². The van der Waals surface area contributed by atoms with Crippen molar-refractivity contribution in [2.24, 2.45) is 0 Å². The third kappa shape index (κ3) is 5.94. The minimum atomic E-state index is 0.0928. The molecule has 1 aliphatic heterocycles. The summed E-state index contributed by atoms with van der Waals surface area (Å²) in [6.45, 7) is 6.27. The highest BCUT2D eigenvalue weighted by atomic mass is 35.5. The van der Waals surface area contributed by atoms with E-state index < -0.39 is 0 Å². The molecular weight excluding hydrogens is 471 g/mol. The van der Waals surface area contributed by atoms with Gasteiger partial charge in [-0.1, -0.05) is 29.3 Å². The summed E-state index contributed by atoms with van der Waals surface area (Å²) in [5.41, 5.74) is 2.79. The van der Waals surface area contributed by atoms with Gasteiger partial charge in [-0.15, -0.1) is 0 Å². The Labute approximate surface area is 211 Å². The Morgan fingerprint density at radius 1 is 1.03 bits per heavy atom. The van der Waals surface area contributed by atoms with Crippen molar-refractivity contribution in [1.29, 1.82) is 0 Å². The summed E-state index contributed by atoms with van der Waals surface area (Å²) in [6, 6.07) is 14.5. The third-order valence-corrected chi connectivity index (χ3v) is 6.74. The van der Waals surface area contributed by atoms with Gasteiger partial charge < -0.3 is 25.0 Å². The predicted molar refractivity (Wildman–Crippen MR) is 140 cm³/mol. The lowest BCUT2D eigenvalue weighted by Crippen LogP contribution is -2.44. The lowest BCUT2D eigenvalue weighted by atomic mass is 10.0. The SMILES string of the molecule is COc1ccc(-c2cc(-c3c(Cl)cccc3Cl)cc(NCCCN3CCN(C)CC3)n2)c(O)c1. The second-order valence-corrected chi connectivity index (χ2v) is 9.35. The lowest BCUT2D eigenvalue weighted by molar-refractivity contribution is 0.154. The molecule has 8 heteroatoms. The van der Waals surface area contributed by atoms with Gasteiger partial charge in [0.15, 0.2) is 0 Å². The summed E-state index contributed by atoms with van der Waals surface area (Å²) in [5, 5.41) is 15.2. The molecule has 180 valence electrons. The van der Waals surface area contributed by atoms with Crippen molar-refractivity contribution in [2.75, 3.05) is 58.7 Å². The van der Waals surface area contributed by atoms with E-state index in [0.717, 1.165) is 56.8 Å². The number of aromatic hydroxyl groups is 1. The standard InChI is InChI=1S/C26H30Cl2N4O2/c1-31-11-13-32(14-12-31)10-4-9-29-25-16-18(26-21(27)5-3-6-22(26)28)15-23(30-25)20-8-7-19(34-2)17-24(20)33/h3,5-8,15-17,33H,4,9-14H2,1-2H3,(H,29,30). The maximum Gasteiger partial charge on any atom is 0.128 e. The number of hydrogen-bond acceptors (Lipinski definition) is 6. The smallest absolute Gasteiger partial charge is 0.128 e. The van der Waals surface area contributed by atoms with Crippen LogP contribution < -0.4 is 10.1 Å². The van der Waals surface area contributed by atoms with E-state index in [4.69, 9.17) is 32.9 Å². The Morgan fingerprint density at radius 3 is 2.44 bits per heavy atom. The van der Waals surface area contributed by atoms with Gasteiger partial charge in [-0.3, -0.25) is 0 Å². The van der Waals surface area contributed by atoms with Crippen LogP contribution in [0.15, 0.2) is 48.5 Å². The fourth-order valence-electron chi connectivity index (χ4n) is 4.12. The van der Waals surface area contributed by atoms with Crippen molar-refractivity contribution in [3.63, 3.8) is 0 Å². The van der Waals surface area contributed by atoms with Crippen molar-refractivity contribution in [1.82, 2.24) is 14.8 Å². The Balaban J connectivity index is 1.58. The number of nitrogens with zero attached hydrogens (tertiary/aromatic N) is 3. The van der Waals surface area contributed by atoms with E-state index >= 15 is 0 Å². The number of phenolic OH excluding ortho intramolecular Hbond substituents is 1. The van der Waals surface area contributed by atoms with Crippen LogP contribution in [0, 0.1) is 0 Å². The average molecular weight is 501 g/mol. The van der Waals surface area contributed by atoms with Crippen molar-refractivity contribution in [3.8, 4) is 33.9 Å². The topological polar surface area (TPSA) is 60.9 Å². The van der Waals surface area contributed by atoms with Crippen LogP contribution in [0.3, 0.4) is 0 Å². The van der Waals surface area contributed by atoms with Gasteiger partial charge in [-0.2, -0.15) is 0 Å². The van der Waals surface area contributed by atoms with Crippen LogP contribution in [0.4, 0.5) is 5.82 Å². The van der Waals surface area contributed by atoms with Crippen molar-refractivity contribution in [2.45, 2.75) is 6.42 Å². The van der Waals surface area contributed by atoms with Gasteiger partial charge >= 0.3 is 0 Å². The van der Waals surface area contributed by atoms with Gasteiger partial charge in [0.2, 0.25) is 0 Å². The van der Waals surface area contributed by atoms with E-state index in [1.54, 1.807) is 25.3 Å². The van der Waals surface area contributed by atoms with E-state index in [1.165, 1.54) is 0 Å². The van der Waals surface area contributed by atoms with Crippen LogP contribution in [0.2, 0.25) is 10.0 Å². The van der Waals surface area contributed by atoms with E-state index in [1.807, 2.05) is 30.3 Å². The molecule has 0 bridgehead atoms. The molecule has 4 rings (SSSR count). The minimum Gasteiger partial charge on any atom is -0.507 e. The molecule has 6 nitrogen and oxygen atoms in total. The van der Waals surface area contributed by atoms with Gasteiger partial charge in [0.25, 0.3) is 0 Å². The highest BCUT2D eigenvalue weighted by molar-refractivity contribution is 6.39. The molecule has 2 aromatic carbocycles. The first kappa shape index (κ1) is 24.6. The third-order valence-electron chi connectivity index (χ3n) is 6.11. The molecule has 0 radical (unpaired) electrons. The second kappa shape index (κ2) is 11.3. The number of aromatic nitrogens is 1. The quantitative estimate of drug-likeness (QED) is 0.399. The molecule has 34 heavy (non-hydrogen) atoms. The van der Waals surface area contributed by atoms with E-state index in [2.05, 4.69) is 22.2 Å². The zero-order valence-electron chi connectivity index (χ0n) is 19.5. The molecule has 0 unspecified atom stereocenters. The molecule has 2 N–H and O–H groups in total. The molecule has 1 aromatic heterocycles. The summed E-state index contributed by atoms with van der Waals surface area (Å²) in [4.78, 5) is 9.64. The van der Waals surface area contributed by atoms with Crippen LogP contribution >= 0.6 is 23.2 Å². The van der Waals surface area contributed by atoms with Gasteiger partial charge in [0.1, 0.15) is 17.3 Å². The highest BCUT2D eigenvalue weighted by Crippen LogP contribution is 2.39. The van der Waals surface area contributed by atoms with E-state index in [0.29, 0.717) is 32.9 Å². The molecule has 1 aliphatic rings. The molecular formula is C26H30Cl2N4O2. The molecule has 3 aromatic rings. The van der Waals surface area contributed by atoms with E-state index in [-0.39, 0.29) is 5.75 Å². The molecule has 0 atom stereocenters. The number of rotatable bonds is 8. The Hall–Kier alpha value is -2.51. The number of methoxy groups -OCH3 is 1. The molecule has 2 heterocycles.